The number of hydrogen-bond acceptors (Lipinski definition) is 24. The molecule has 123 heavy (non-hydrogen) atoms. The molecule has 0 saturated carbocycles. The molecule has 1 fully saturated rings. The Bertz CT molecular complexity index is 4620. The molecule has 664 valence electrons. The number of hydrogen-bond donors (Lipinski definition) is 23. The van der Waals surface area contributed by atoms with Crippen LogP contribution in [0.25, 0.3) is 10.9 Å². The van der Waals surface area contributed by atoms with E-state index in [4.69, 9.17) is 22.9 Å². The summed E-state index contributed by atoms with van der Waals surface area (Å²) in [6.45, 7) is 0.426. The number of phenols is 1. The number of carbonyl (C=O) groups is 15. The summed E-state index contributed by atoms with van der Waals surface area (Å²) in [6, 6.07) is 13.7. The standard InChI is InChI=1S/C82H107IN18O20S2/c1-44(103)68-80(118)97-59(36-48-22-10-5-11-23-48)77(115)101-69(45(2)104)81(119)98-62(41-102)78(116)99-64(82(120)121)43-123-122-42-63(90-67(107)40-89-70(108)53(86)33-49-28-29-65(105)52(83)32-49)79(117)92-55(26-14-16-30-84)71(109)96-61(38-66(87)106)76(114)94-57(34-46-18-6-3-7-19-46)73(111)93-58(35-47-20-8-4-9-21-47)74(112)95-60(37-50-39-88-54-25-13-12-24-51(50)54)75(113)91-56(72(110)100-68)27-15-17-31-85/h3-13,18-25,28-29,32,39,44-45,53,55-64,68-69,88,102-105H,14-17,26-27,30-31,33-38,40-43,84-86H2,1-2H3,(H2,87,106)(H,89,108)(H,90,107)(H,91,113)(H,92,117)(H,93,111)(H,94,114)(H,95,112)(H,96,109)(H,97,118)(H,98,119)(H,99,116)(H,100,110)(H,101,115)(H,120,121)/t44-,45-,53+,55+,56+,57+,58+,59+,60+,61+,62+,63+,64+,68?,69?/m1/s1/i83-2. The Morgan fingerprint density at radius 3 is 1.39 bits per heavy atom. The van der Waals surface area contributed by atoms with Crippen LogP contribution in [0.3, 0.4) is 0 Å². The number of para-hydroxylation sites is 1. The maximum absolute atomic E-state index is 15.4. The molecule has 7 rings (SSSR count). The fraction of sp³-hybridized carbons (Fsp3) is 0.427. The number of amides is 14. The van der Waals surface area contributed by atoms with E-state index < -0.39 is 210 Å². The van der Waals surface area contributed by atoms with Crippen LogP contribution in [0.1, 0.15) is 86.6 Å². The summed E-state index contributed by atoms with van der Waals surface area (Å²) >= 11 is 1.88. The summed E-state index contributed by atoms with van der Waals surface area (Å²) in [7, 11) is 1.46. The molecule has 1 aliphatic rings. The van der Waals surface area contributed by atoms with Gasteiger partial charge in [0.15, 0.2) is 0 Å². The minimum Gasteiger partial charge on any atom is -0.507 e. The van der Waals surface area contributed by atoms with Crippen LogP contribution in [0, 0.1) is 3.57 Å². The molecule has 1 aliphatic heterocycles. The lowest BCUT2D eigenvalue weighted by molar-refractivity contribution is -0.142. The molecule has 6 aromatic rings. The number of primary amides is 1. The molecule has 0 spiro atoms. The number of nitrogens with one attached hydrogen (secondary N) is 14. The second-order valence-corrected chi connectivity index (χ2v) is 33.1. The minimum absolute atomic E-state index is 0.0148. The first-order valence-electron chi connectivity index (χ1n) is 39.7. The number of benzene rings is 5. The van der Waals surface area contributed by atoms with E-state index in [9.17, 15) is 83.1 Å². The van der Waals surface area contributed by atoms with Gasteiger partial charge in [-0.3, -0.25) is 67.1 Å². The van der Waals surface area contributed by atoms with Crippen LogP contribution in [0.15, 0.2) is 140 Å². The predicted molar refractivity (Wildman–Crippen MR) is 464 cm³/mol. The fourth-order valence-electron chi connectivity index (χ4n) is 12.9. The van der Waals surface area contributed by atoms with E-state index in [1.165, 1.54) is 12.1 Å². The average Bonchev–Trinajstić information content (AvgIpc) is 1.71. The average molecular weight is 1850 g/mol. The van der Waals surface area contributed by atoms with Gasteiger partial charge in [-0.05, 0) is 140 Å². The van der Waals surface area contributed by atoms with Gasteiger partial charge in [0.05, 0.1) is 41.4 Å². The van der Waals surface area contributed by atoms with E-state index in [-0.39, 0.29) is 83.0 Å². The number of fused-ring (bicyclic) bond motifs is 1. The summed E-state index contributed by atoms with van der Waals surface area (Å²) in [4.78, 5) is 219. The van der Waals surface area contributed by atoms with Gasteiger partial charge in [0.1, 0.15) is 78.3 Å². The Labute approximate surface area is 730 Å². The van der Waals surface area contributed by atoms with Crippen LogP contribution < -0.4 is 92.1 Å². The van der Waals surface area contributed by atoms with E-state index >= 15 is 14.4 Å². The van der Waals surface area contributed by atoms with Crippen molar-refractivity contribution in [3.8, 4) is 5.75 Å². The summed E-state index contributed by atoms with van der Waals surface area (Å²) in [5, 5.41) is 86.6. The van der Waals surface area contributed by atoms with Crippen LogP contribution in [0.5, 0.6) is 5.75 Å². The molecule has 27 N–H and O–H groups in total. The van der Waals surface area contributed by atoms with Gasteiger partial charge in [-0.15, -0.1) is 0 Å². The van der Waals surface area contributed by atoms with Crippen molar-refractivity contribution in [1.82, 2.24) is 74.1 Å². The number of aliphatic hydroxyl groups is 3. The summed E-state index contributed by atoms with van der Waals surface area (Å²) < 4.78 is 0.469. The molecule has 2 unspecified atom stereocenters. The molecule has 14 amide bonds. The number of halogens is 1. The first-order valence-corrected chi connectivity index (χ1v) is 43.3. The monoisotopic (exact) mass is 1850 g/mol. The number of rotatable bonds is 28. The SMILES string of the molecule is C[C@@H](O)C1NC(=O)[C@H](Cc2ccccc2)NC(=O)C([C@@H](C)O)NC(=O)[C@H](CCCCN)NC(=O)[C@H](Cc2c[nH]c3ccccc23)NC(=O)[C@H](Cc2ccccc2)NC(=O)[C@H](Cc2ccccc2)NC(=O)[C@H](CC(N)=O)NC(=O)[C@H](CCCCN)NC(=O)[C@@H](NC(=O)CNC(=O)[C@@H](N)Cc2ccc(O)c([125I])c2)CSSC[C@@H](C(=O)O)NC(=O)[C@H](CO)NC1=O. The van der Waals surface area contributed by atoms with E-state index in [0.29, 0.717) is 59.5 Å². The smallest absolute Gasteiger partial charge is 0.327 e. The first kappa shape index (κ1) is 98.8. The number of carboxylic acid groups (broad SMARTS) is 1. The zero-order chi connectivity index (χ0) is 89.8. The van der Waals surface area contributed by atoms with Crippen molar-refractivity contribution in [3.63, 3.8) is 0 Å². The highest BCUT2D eigenvalue weighted by molar-refractivity contribution is 14.1. The van der Waals surface area contributed by atoms with Crippen molar-refractivity contribution in [3.05, 3.63) is 171 Å². The second kappa shape index (κ2) is 50.3. The highest BCUT2D eigenvalue weighted by Gasteiger charge is 2.40. The van der Waals surface area contributed by atoms with Gasteiger partial charge in [0, 0.05) is 54.3 Å². The number of aliphatic hydroxyl groups excluding tert-OH is 3. The topological polar surface area (TPSA) is 633 Å². The molecule has 0 bridgehead atoms. The Kier molecular flexibility index (Phi) is 40.4. The molecule has 1 saturated heterocycles. The fourth-order valence-corrected chi connectivity index (χ4v) is 15.8. The molecular weight excluding hydrogens is 1750 g/mol. The molecule has 0 radical (unpaired) electrons. The maximum Gasteiger partial charge on any atom is 0.327 e. The zero-order valence-corrected chi connectivity index (χ0v) is 71.3. The Morgan fingerprint density at radius 1 is 0.496 bits per heavy atom. The normalized spacial score (nSPS) is 23.0. The number of carboxylic acids is 1. The maximum atomic E-state index is 15.4. The van der Waals surface area contributed by atoms with Gasteiger partial charge < -0.3 is 123 Å². The number of aromatic hydroxyl groups is 1. The third-order valence-electron chi connectivity index (χ3n) is 19.7. The largest absolute Gasteiger partial charge is 0.507 e. The molecule has 1 aromatic heterocycles. The third-order valence-corrected chi connectivity index (χ3v) is 23.0. The number of aliphatic carboxylic acids is 1. The van der Waals surface area contributed by atoms with E-state index in [0.717, 1.165) is 24.6 Å². The van der Waals surface area contributed by atoms with Crippen molar-refractivity contribution in [2.24, 2.45) is 22.9 Å². The summed E-state index contributed by atoms with van der Waals surface area (Å²) in [6.07, 6.45) is -3.68. The lowest BCUT2D eigenvalue weighted by Gasteiger charge is -2.29. The van der Waals surface area contributed by atoms with Crippen LogP contribution in [-0.4, -0.2) is 248 Å². The van der Waals surface area contributed by atoms with Gasteiger partial charge in [-0.25, -0.2) is 4.79 Å². The summed E-state index contributed by atoms with van der Waals surface area (Å²) in [5.74, 6) is -18.1. The van der Waals surface area contributed by atoms with E-state index in [1.807, 2.05) is 22.6 Å². The van der Waals surface area contributed by atoms with Crippen molar-refractivity contribution in [2.45, 2.75) is 182 Å². The quantitative estimate of drug-likeness (QED) is 0.0129. The van der Waals surface area contributed by atoms with Crippen LogP contribution >= 0.6 is 44.2 Å². The van der Waals surface area contributed by atoms with Crippen LogP contribution in [0.4, 0.5) is 0 Å². The molecule has 0 aliphatic carbocycles. The lowest BCUT2D eigenvalue weighted by atomic mass is 10.00. The van der Waals surface area contributed by atoms with Crippen molar-refractivity contribution < 1.29 is 97.5 Å². The molecule has 38 nitrogen and oxygen atoms in total. The predicted octanol–water partition coefficient (Wildman–Crippen LogP) is -3.38. The second-order valence-electron chi connectivity index (χ2n) is 29.4. The van der Waals surface area contributed by atoms with Crippen LogP contribution in [-0.2, 0) is 104 Å². The molecular formula is C82H107IN18O20S2. The molecule has 41 heteroatoms. The zero-order valence-electron chi connectivity index (χ0n) is 67.5. The van der Waals surface area contributed by atoms with Gasteiger partial charge >= 0.3 is 5.97 Å². The number of H-pyrrole nitrogens is 1. The Morgan fingerprint density at radius 2 is 0.911 bits per heavy atom. The minimum atomic E-state index is -2.00. The molecule has 2 heterocycles. The van der Waals surface area contributed by atoms with Crippen LogP contribution in [0.2, 0.25) is 0 Å². The lowest BCUT2D eigenvalue weighted by Crippen LogP contribution is -2.63. The van der Waals surface area contributed by atoms with E-state index in [1.54, 1.807) is 128 Å². The van der Waals surface area contributed by atoms with E-state index in [2.05, 4.69) is 74.1 Å². The molecule has 15 atom stereocenters. The van der Waals surface area contributed by atoms with Gasteiger partial charge in [-0.1, -0.05) is 137 Å². The number of phenolic OH excluding ortho intramolecular Hbond substituents is 1. The highest BCUT2D eigenvalue weighted by Crippen LogP contribution is 2.25. The van der Waals surface area contributed by atoms with Crippen molar-refractivity contribution in [2.75, 3.05) is 37.7 Å². The first-order chi connectivity index (χ1) is 58.7. The number of unbranched alkanes of at least 4 members (excludes halogenated alkanes) is 2. The Hall–Kier alpha value is -11.3. The van der Waals surface area contributed by atoms with Crippen molar-refractivity contribution in [1.29, 1.82) is 0 Å². The van der Waals surface area contributed by atoms with Gasteiger partial charge in [0.25, 0.3) is 0 Å². The Balaban J connectivity index is 1.30. The highest BCUT2D eigenvalue weighted by atomic mass is 125. The van der Waals surface area contributed by atoms with Gasteiger partial charge in [0.2, 0.25) is 82.7 Å². The number of aromatic nitrogens is 1. The molecule has 5 aromatic carbocycles. The number of nitrogens with two attached hydrogens (primary N) is 4. The number of aromatic amines is 1. The van der Waals surface area contributed by atoms with Crippen molar-refractivity contribution >= 4 is 144 Å². The number of carbonyl (C=O) groups excluding carboxylic acids is 14. The summed E-state index contributed by atoms with van der Waals surface area (Å²) in [5.41, 5.74) is 26.8. The third kappa shape index (κ3) is 32.1. The van der Waals surface area contributed by atoms with Gasteiger partial charge in [-0.2, -0.15) is 0 Å².